The van der Waals surface area contributed by atoms with Gasteiger partial charge in [0.05, 0.1) is 25.3 Å². The predicted octanol–water partition coefficient (Wildman–Crippen LogP) is 3.68. The smallest absolute Gasteiger partial charge is 0.280 e. The number of carbonyl (C=O) groups is 1. The van der Waals surface area contributed by atoms with Crippen LogP contribution >= 0.6 is 11.3 Å². The second-order valence-corrected chi connectivity index (χ2v) is 16.1. The van der Waals surface area contributed by atoms with Crippen LogP contribution in [0.4, 0.5) is 5.82 Å². The fourth-order valence-electron chi connectivity index (χ4n) is 6.37. The van der Waals surface area contributed by atoms with Crippen LogP contribution in [0.3, 0.4) is 0 Å². The van der Waals surface area contributed by atoms with Crippen molar-refractivity contribution in [2.24, 2.45) is 11.3 Å². The van der Waals surface area contributed by atoms with Crippen LogP contribution in [0.2, 0.25) is 0 Å². The van der Waals surface area contributed by atoms with Crippen LogP contribution in [0.5, 0.6) is 0 Å². The Morgan fingerprint density at radius 1 is 1.18 bits per heavy atom. The molecule has 0 saturated carbocycles. The molecule has 13 heteroatoms. The fraction of sp³-hybridized carbons (Fsp3) is 0.613. The van der Waals surface area contributed by atoms with Crippen LogP contribution in [0.1, 0.15) is 79.1 Å². The molecule has 0 unspecified atom stereocenters. The summed E-state index contributed by atoms with van der Waals surface area (Å²) in [5.74, 6) is 0.291. The first-order valence-corrected chi connectivity index (χ1v) is 17.9. The van der Waals surface area contributed by atoms with Crippen LogP contribution in [-0.4, -0.2) is 84.1 Å². The number of aliphatic hydroxyl groups excluding tert-OH is 1. The lowest BCUT2D eigenvalue weighted by Gasteiger charge is -2.34. The van der Waals surface area contributed by atoms with E-state index in [-0.39, 0.29) is 36.0 Å². The Hall–Kier alpha value is -2.71. The molecule has 3 aromatic heterocycles. The molecular weight excluding hydrogens is 601 g/mol. The van der Waals surface area contributed by atoms with E-state index in [0.717, 1.165) is 73.3 Å². The summed E-state index contributed by atoms with van der Waals surface area (Å²) in [5.41, 5.74) is 4.12. The van der Waals surface area contributed by atoms with Gasteiger partial charge in [0.2, 0.25) is 0 Å². The van der Waals surface area contributed by atoms with E-state index >= 15 is 0 Å². The van der Waals surface area contributed by atoms with Gasteiger partial charge in [-0.1, -0.05) is 38.2 Å². The molecule has 3 aliphatic rings. The van der Waals surface area contributed by atoms with Gasteiger partial charge in [0.15, 0.2) is 10.9 Å². The Bertz CT molecular complexity index is 1600. The molecule has 1 amide bonds. The molecule has 0 radical (unpaired) electrons. The normalized spacial score (nSPS) is 22.1. The van der Waals surface area contributed by atoms with E-state index in [1.807, 2.05) is 6.07 Å². The van der Waals surface area contributed by atoms with Crippen LogP contribution in [-0.2, 0) is 27.6 Å². The second-order valence-electron chi connectivity index (χ2n) is 13.3. The van der Waals surface area contributed by atoms with Crippen molar-refractivity contribution in [2.45, 2.75) is 71.4 Å². The molecule has 238 valence electrons. The molecule has 2 saturated heterocycles. The minimum absolute atomic E-state index is 0.210. The standard InChI is InChI=1S/C31H42N6O5S2/c1-31(2,3)22-5-6-24-21(16-22)17-26-29(34-24)43-30(35-26)28(39)33-25(10-13-36-11-8-23(38)9-12-36)20-4-7-27(32-18-20)37-14-15-42-19-44(37,40)41/h4,7,17-18,22-23,25,38H,5-6,8-16,19H2,1-3H3,(H,33,39)/t22-,25+/m0/s1. The van der Waals surface area contributed by atoms with Crippen LogP contribution in [0.15, 0.2) is 24.4 Å². The molecule has 0 bridgehead atoms. The van der Waals surface area contributed by atoms with Crippen molar-refractivity contribution >= 4 is 43.4 Å². The molecule has 3 aromatic rings. The number of aromatic nitrogens is 3. The summed E-state index contributed by atoms with van der Waals surface area (Å²) in [4.78, 5) is 30.8. The average molecular weight is 643 g/mol. The van der Waals surface area contributed by atoms with Crippen LogP contribution in [0, 0.1) is 11.3 Å². The number of carbonyl (C=O) groups excluding carboxylic acids is 1. The molecule has 1 aliphatic carbocycles. The highest BCUT2D eigenvalue weighted by Crippen LogP contribution is 2.38. The van der Waals surface area contributed by atoms with Gasteiger partial charge in [-0.25, -0.2) is 27.7 Å². The summed E-state index contributed by atoms with van der Waals surface area (Å²) in [6.45, 7) is 9.73. The molecule has 6 rings (SSSR count). The van der Waals surface area contributed by atoms with Gasteiger partial charge in [-0.3, -0.25) is 4.79 Å². The van der Waals surface area contributed by atoms with E-state index < -0.39 is 10.0 Å². The number of likely N-dealkylation sites (tertiary alicyclic amines) is 1. The van der Waals surface area contributed by atoms with Crippen molar-refractivity contribution in [2.75, 3.05) is 43.0 Å². The molecular formula is C31H42N6O5S2. The van der Waals surface area contributed by atoms with E-state index in [9.17, 15) is 18.3 Å². The Kier molecular flexibility index (Phi) is 8.95. The summed E-state index contributed by atoms with van der Waals surface area (Å²) in [5, 5.41) is 13.5. The number of amides is 1. The number of hydrogen-bond donors (Lipinski definition) is 2. The highest BCUT2D eigenvalue weighted by atomic mass is 32.2. The van der Waals surface area contributed by atoms with Gasteiger partial charge in [0.1, 0.15) is 16.2 Å². The number of nitrogens with one attached hydrogen (secondary N) is 1. The molecule has 2 atom stereocenters. The largest absolute Gasteiger partial charge is 0.393 e. The molecule has 0 spiro atoms. The molecule has 2 aliphatic heterocycles. The van der Waals surface area contributed by atoms with Gasteiger partial charge in [-0.2, -0.15) is 0 Å². The zero-order chi connectivity index (χ0) is 31.1. The molecule has 11 nitrogen and oxygen atoms in total. The summed E-state index contributed by atoms with van der Waals surface area (Å²) in [6, 6.07) is 5.27. The maximum absolute atomic E-state index is 13.6. The van der Waals surface area contributed by atoms with E-state index in [1.165, 1.54) is 21.2 Å². The number of nitrogens with zero attached hydrogens (tertiary/aromatic N) is 5. The van der Waals surface area contributed by atoms with E-state index in [4.69, 9.17) is 14.7 Å². The Morgan fingerprint density at radius 2 is 1.98 bits per heavy atom. The van der Waals surface area contributed by atoms with Crippen molar-refractivity contribution in [3.8, 4) is 0 Å². The van der Waals surface area contributed by atoms with Crippen molar-refractivity contribution in [1.29, 1.82) is 0 Å². The number of fused-ring (bicyclic) bond motifs is 2. The molecule has 2 N–H and O–H groups in total. The van der Waals surface area contributed by atoms with Gasteiger partial charge in [0.25, 0.3) is 15.9 Å². The number of aryl methyl sites for hydroxylation is 1. The number of piperidine rings is 1. The Balaban J connectivity index is 1.21. The van der Waals surface area contributed by atoms with Crippen molar-refractivity contribution < 1.29 is 23.1 Å². The van der Waals surface area contributed by atoms with E-state index in [2.05, 4.69) is 42.0 Å². The van der Waals surface area contributed by atoms with Gasteiger partial charge < -0.3 is 20.1 Å². The Morgan fingerprint density at radius 3 is 2.68 bits per heavy atom. The molecule has 5 heterocycles. The van der Waals surface area contributed by atoms with Crippen LogP contribution < -0.4 is 9.62 Å². The SMILES string of the molecule is CC(C)(C)[C@H]1CCc2nc3sc(C(=O)N[C@H](CCN4CCC(O)CC4)c4ccc(N5CCOCS5(=O)=O)nc4)nc3cc2C1. The third kappa shape index (κ3) is 6.91. The highest BCUT2D eigenvalue weighted by molar-refractivity contribution is 7.92. The van der Waals surface area contributed by atoms with Crippen molar-refractivity contribution in [3.63, 3.8) is 0 Å². The lowest BCUT2D eigenvalue weighted by molar-refractivity contribution is 0.0795. The predicted molar refractivity (Wildman–Crippen MR) is 170 cm³/mol. The van der Waals surface area contributed by atoms with Crippen molar-refractivity contribution in [3.05, 3.63) is 46.2 Å². The van der Waals surface area contributed by atoms with Gasteiger partial charge in [-0.05, 0) is 73.1 Å². The minimum atomic E-state index is -3.58. The Labute approximate surface area is 263 Å². The van der Waals surface area contributed by atoms with Gasteiger partial charge in [0, 0.05) is 31.5 Å². The highest BCUT2D eigenvalue weighted by Gasteiger charge is 2.31. The molecule has 44 heavy (non-hydrogen) atoms. The summed E-state index contributed by atoms with van der Waals surface area (Å²) >= 11 is 1.32. The number of sulfonamides is 1. The van der Waals surface area contributed by atoms with E-state index in [1.54, 1.807) is 12.3 Å². The maximum Gasteiger partial charge on any atom is 0.280 e. The number of anilines is 1. The lowest BCUT2D eigenvalue weighted by Crippen LogP contribution is -2.41. The average Bonchev–Trinajstić information content (AvgIpc) is 3.41. The first-order valence-electron chi connectivity index (χ1n) is 15.5. The maximum atomic E-state index is 13.6. The minimum Gasteiger partial charge on any atom is -0.393 e. The number of pyridine rings is 2. The van der Waals surface area contributed by atoms with E-state index in [0.29, 0.717) is 29.8 Å². The third-order valence-corrected chi connectivity index (χ3v) is 11.7. The quantitative estimate of drug-likeness (QED) is 0.395. The lowest BCUT2D eigenvalue weighted by atomic mass is 9.71. The molecule has 2 fully saturated rings. The first-order chi connectivity index (χ1) is 21.0. The zero-order valence-corrected chi connectivity index (χ0v) is 27.3. The monoisotopic (exact) mass is 642 g/mol. The number of ether oxygens (including phenoxy) is 1. The number of hydrogen-bond acceptors (Lipinski definition) is 10. The number of rotatable bonds is 7. The topological polar surface area (TPSA) is 138 Å². The van der Waals surface area contributed by atoms with Gasteiger partial charge >= 0.3 is 0 Å². The number of thiazole rings is 1. The van der Waals surface area contributed by atoms with Crippen molar-refractivity contribution in [1.82, 2.24) is 25.2 Å². The second kappa shape index (κ2) is 12.6. The number of aliphatic hydroxyl groups is 1. The summed E-state index contributed by atoms with van der Waals surface area (Å²) < 4.78 is 31.4. The van der Waals surface area contributed by atoms with Crippen LogP contribution in [0.25, 0.3) is 10.3 Å². The molecule has 0 aromatic carbocycles. The zero-order valence-electron chi connectivity index (χ0n) is 25.7. The third-order valence-electron chi connectivity index (χ3n) is 9.20. The summed E-state index contributed by atoms with van der Waals surface area (Å²) in [6.07, 6.45) is 6.52. The fourth-order valence-corrected chi connectivity index (χ4v) is 8.41. The first kappa shape index (κ1) is 31.3. The summed E-state index contributed by atoms with van der Waals surface area (Å²) in [7, 11) is -3.58. The van der Waals surface area contributed by atoms with Gasteiger partial charge in [-0.15, -0.1) is 0 Å².